The lowest BCUT2D eigenvalue weighted by Gasteiger charge is -2.04. The Balaban J connectivity index is 2.04. The van der Waals surface area contributed by atoms with Crippen molar-refractivity contribution in [1.29, 1.82) is 0 Å². The molecule has 0 saturated heterocycles. The second-order valence-corrected chi connectivity index (χ2v) is 3.20. The van der Waals surface area contributed by atoms with E-state index in [2.05, 4.69) is 6.92 Å². The molecule has 2 nitrogen and oxygen atoms in total. The highest BCUT2D eigenvalue weighted by atomic mass is 16.3. The van der Waals surface area contributed by atoms with E-state index in [1.807, 2.05) is 24.3 Å². The van der Waals surface area contributed by atoms with Gasteiger partial charge in [-0.15, -0.1) is 0 Å². The highest BCUT2D eigenvalue weighted by Gasteiger charge is 2.10. The average Bonchev–Trinajstić information content (AvgIpc) is 2.74. The van der Waals surface area contributed by atoms with E-state index in [9.17, 15) is 0 Å². The van der Waals surface area contributed by atoms with E-state index in [0.29, 0.717) is 5.92 Å². The van der Waals surface area contributed by atoms with Gasteiger partial charge in [0.05, 0.1) is 12.5 Å². The van der Waals surface area contributed by atoms with Crippen molar-refractivity contribution < 1.29 is 8.83 Å². The Morgan fingerprint density at radius 3 is 2.54 bits per heavy atom. The van der Waals surface area contributed by atoms with E-state index in [0.717, 1.165) is 17.9 Å². The van der Waals surface area contributed by atoms with Gasteiger partial charge in [-0.2, -0.15) is 0 Å². The first-order valence-electron chi connectivity index (χ1n) is 4.42. The fourth-order valence-corrected chi connectivity index (χ4v) is 1.40. The first-order valence-corrected chi connectivity index (χ1v) is 4.42. The van der Waals surface area contributed by atoms with Gasteiger partial charge < -0.3 is 8.83 Å². The van der Waals surface area contributed by atoms with Crippen molar-refractivity contribution in [3.63, 3.8) is 0 Å². The van der Waals surface area contributed by atoms with Gasteiger partial charge in [0.25, 0.3) is 0 Å². The standard InChI is InChI=1S/C11H12O2/c1-9(11-5-3-7-13-11)8-10-4-2-6-12-10/h2-7,9H,8H2,1H3. The third-order valence-electron chi connectivity index (χ3n) is 2.12. The fraction of sp³-hybridized carbons (Fsp3) is 0.273. The molecule has 2 aromatic heterocycles. The van der Waals surface area contributed by atoms with Crippen LogP contribution in [-0.2, 0) is 6.42 Å². The molecule has 0 N–H and O–H groups in total. The van der Waals surface area contributed by atoms with Crippen molar-refractivity contribution in [3.05, 3.63) is 48.3 Å². The summed E-state index contributed by atoms with van der Waals surface area (Å²) in [4.78, 5) is 0. The van der Waals surface area contributed by atoms with E-state index < -0.39 is 0 Å². The summed E-state index contributed by atoms with van der Waals surface area (Å²) in [5, 5.41) is 0. The van der Waals surface area contributed by atoms with E-state index in [1.165, 1.54) is 0 Å². The summed E-state index contributed by atoms with van der Waals surface area (Å²) in [6.45, 7) is 2.13. The first-order chi connectivity index (χ1) is 6.36. The zero-order valence-electron chi connectivity index (χ0n) is 7.57. The van der Waals surface area contributed by atoms with Crippen LogP contribution >= 0.6 is 0 Å². The molecule has 0 aromatic carbocycles. The fourth-order valence-electron chi connectivity index (χ4n) is 1.40. The van der Waals surface area contributed by atoms with Crippen LogP contribution in [0, 0.1) is 0 Å². The van der Waals surface area contributed by atoms with Gasteiger partial charge in [0.15, 0.2) is 0 Å². The molecule has 0 aliphatic carbocycles. The molecule has 0 saturated carbocycles. The molecule has 13 heavy (non-hydrogen) atoms. The Morgan fingerprint density at radius 1 is 1.15 bits per heavy atom. The molecule has 1 unspecified atom stereocenters. The molecular weight excluding hydrogens is 164 g/mol. The molecule has 0 amide bonds. The maximum Gasteiger partial charge on any atom is 0.107 e. The zero-order chi connectivity index (χ0) is 9.10. The minimum atomic E-state index is 0.376. The van der Waals surface area contributed by atoms with Crippen LogP contribution in [0.5, 0.6) is 0 Å². The van der Waals surface area contributed by atoms with Crippen molar-refractivity contribution >= 4 is 0 Å². The van der Waals surface area contributed by atoms with Crippen LogP contribution in [0.4, 0.5) is 0 Å². The predicted molar refractivity (Wildman–Crippen MR) is 49.5 cm³/mol. The zero-order valence-corrected chi connectivity index (χ0v) is 7.57. The van der Waals surface area contributed by atoms with Crippen LogP contribution in [0.15, 0.2) is 45.6 Å². The van der Waals surface area contributed by atoms with Crippen LogP contribution < -0.4 is 0 Å². The third-order valence-corrected chi connectivity index (χ3v) is 2.12. The molecule has 0 aliphatic rings. The topological polar surface area (TPSA) is 26.3 Å². The van der Waals surface area contributed by atoms with Gasteiger partial charge in [0.2, 0.25) is 0 Å². The van der Waals surface area contributed by atoms with Gasteiger partial charge in [-0.3, -0.25) is 0 Å². The molecule has 1 atom stereocenters. The second kappa shape index (κ2) is 3.52. The number of hydrogen-bond donors (Lipinski definition) is 0. The van der Waals surface area contributed by atoms with Crippen molar-refractivity contribution in [2.24, 2.45) is 0 Å². The Bertz CT molecular complexity index is 332. The van der Waals surface area contributed by atoms with E-state index in [4.69, 9.17) is 8.83 Å². The van der Waals surface area contributed by atoms with E-state index in [-0.39, 0.29) is 0 Å². The van der Waals surface area contributed by atoms with Gasteiger partial charge in [-0.25, -0.2) is 0 Å². The maximum absolute atomic E-state index is 5.30. The van der Waals surface area contributed by atoms with Gasteiger partial charge in [-0.1, -0.05) is 6.92 Å². The molecule has 0 aliphatic heterocycles. The van der Waals surface area contributed by atoms with E-state index >= 15 is 0 Å². The average molecular weight is 176 g/mol. The van der Waals surface area contributed by atoms with Crippen LogP contribution in [0.2, 0.25) is 0 Å². The quantitative estimate of drug-likeness (QED) is 0.717. The van der Waals surface area contributed by atoms with Crippen LogP contribution in [-0.4, -0.2) is 0 Å². The Kier molecular flexibility index (Phi) is 2.21. The summed E-state index contributed by atoms with van der Waals surface area (Å²) in [5.41, 5.74) is 0. The molecule has 0 bridgehead atoms. The summed E-state index contributed by atoms with van der Waals surface area (Å²) in [6.07, 6.45) is 4.29. The minimum Gasteiger partial charge on any atom is -0.469 e. The monoisotopic (exact) mass is 176 g/mol. The van der Waals surface area contributed by atoms with Crippen LogP contribution in [0.25, 0.3) is 0 Å². The molecule has 2 heterocycles. The Hall–Kier alpha value is -1.44. The van der Waals surface area contributed by atoms with E-state index in [1.54, 1.807) is 12.5 Å². The summed E-state index contributed by atoms with van der Waals surface area (Å²) < 4.78 is 10.6. The molecule has 0 fully saturated rings. The Labute approximate surface area is 77.2 Å². The first kappa shape index (κ1) is 8.17. The smallest absolute Gasteiger partial charge is 0.107 e. The summed E-state index contributed by atoms with van der Waals surface area (Å²) >= 11 is 0. The molecule has 68 valence electrons. The SMILES string of the molecule is CC(Cc1ccco1)c1ccco1. The molecular formula is C11H12O2. The molecule has 2 rings (SSSR count). The summed E-state index contributed by atoms with van der Waals surface area (Å²) in [7, 11) is 0. The van der Waals surface area contributed by atoms with Gasteiger partial charge in [0.1, 0.15) is 11.5 Å². The lowest BCUT2D eigenvalue weighted by molar-refractivity contribution is 0.440. The van der Waals surface area contributed by atoms with Gasteiger partial charge in [-0.05, 0) is 24.3 Å². The van der Waals surface area contributed by atoms with Crippen LogP contribution in [0.3, 0.4) is 0 Å². The number of furan rings is 2. The highest BCUT2D eigenvalue weighted by molar-refractivity contribution is 5.09. The molecule has 0 radical (unpaired) electrons. The number of rotatable bonds is 3. The molecule has 2 aromatic rings. The minimum absolute atomic E-state index is 0.376. The predicted octanol–water partition coefficient (Wildman–Crippen LogP) is 3.22. The largest absolute Gasteiger partial charge is 0.469 e. The third kappa shape index (κ3) is 1.83. The highest BCUT2D eigenvalue weighted by Crippen LogP contribution is 2.20. The summed E-state index contributed by atoms with van der Waals surface area (Å²) in [6, 6.07) is 7.80. The van der Waals surface area contributed by atoms with Crippen molar-refractivity contribution in [1.82, 2.24) is 0 Å². The normalized spacial score (nSPS) is 13.0. The Morgan fingerprint density at radius 2 is 1.92 bits per heavy atom. The lowest BCUT2D eigenvalue weighted by Crippen LogP contribution is -1.95. The molecule has 0 spiro atoms. The van der Waals surface area contributed by atoms with Crippen molar-refractivity contribution in [3.8, 4) is 0 Å². The lowest BCUT2D eigenvalue weighted by atomic mass is 10.0. The van der Waals surface area contributed by atoms with Gasteiger partial charge >= 0.3 is 0 Å². The maximum atomic E-state index is 5.30. The van der Waals surface area contributed by atoms with Gasteiger partial charge in [0, 0.05) is 12.3 Å². The van der Waals surface area contributed by atoms with Crippen molar-refractivity contribution in [2.75, 3.05) is 0 Å². The summed E-state index contributed by atoms with van der Waals surface area (Å²) in [5.74, 6) is 2.39. The second-order valence-electron chi connectivity index (χ2n) is 3.20. The number of hydrogen-bond acceptors (Lipinski definition) is 2. The van der Waals surface area contributed by atoms with Crippen LogP contribution in [0.1, 0.15) is 24.4 Å². The molecule has 2 heteroatoms. The van der Waals surface area contributed by atoms with Crippen molar-refractivity contribution in [2.45, 2.75) is 19.3 Å².